The molecule has 0 aromatic carbocycles. The number of nitrogen functional groups attached to an aromatic ring is 1. The molecule has 5 heteroatoms. The molecule has 1 aromatic heterocycles. The van der Waals surface area contributed by atoms with Gasteiger partial charge >= 0.3 is 0 Å². The van der Waals surface area contributed by atoms with Crippen molar-refractivity contribution in [3.05, 3.63) is 23.0 Å². The lowest BCUT2D eigenvalue weighted by Gasteiger charge is -2.00. The van der Waals surface area contributed by atoms with Crippen molar-refractivity contribution in [2.75, 3.05) is 5.73 Å². The van der Waals surface area contributed by atoms with Gasteiger partial charge in [0.1, 0.15) is 10.8 Å². The highest BCUT2D eigenvalue weighted by molar-refractivity contribution is 6.29. The van der Waals surface area contributed by atoms with Gasteiger partial charge in [-0.3, -0.25) is 0 Å². The highest BCUT2D eigenvalue weighted by atomic mass is 35.5. The lowest BCUT2D eigenvalue weighted by molar-refractivity contribution is 0.146. The zero-order chi connectivity index (χ0) is 8.43. The van der Waals surface area contributed by atoms with Gasteiger partial charge in [-0.2, -0.15) is 0 Å². The van der Waals surface area contributed by atoms with Crippen molar-refractivity contribution in [3.63, 3.8) is 0 Å². The first-order valence-corrected chi connectivity index (χ1v) is 3.18. The molecule has 0 aliphatic carbocycles. The molecule has 0 amide bonds. The lowest BCUT2D eigenvalue weighted by Crippen LogP contribution is -1.93. The van der Waals surface area contributed by atoms with Crippen LogP contribution in [0.2, 0.25) is 5.15 Å². The summed E-state index contributed by atoms with van der Waals surface area (Å²) in [5.74, 6) is 0. The highest BCUT2D eigenvalue weighted by Gasteiger charge is 2.09. The van der Waals surface area contributed by atoms with Crippen LogP contribution in [-0.4, -0.2) is 4.98 Å². The summed E-state index contributed by atoms with van der Waals surface area (Å²) >= 11 is 5.37. The van der Waals surface area contributed by atoms with Crippen molar-refractivity contribution in [1.82, 2.24) is 4.98 Å². The first kappa shape index (κ1) is 8.20. The fourth-order valence-electron chi connectivity index (χ4n) is 0.650. The fourth-order valence-corrected chi connectivity index (χ4v) is 0.873. The number of nitrogens with zero attached hydrogens (tertiary/aromatic N) is 1. The number of alkyl halides is 2. The summed E-state index contributed by atoms with van der Waals surface area (Å²) < 4.78 is 23.9. The molecule has 2 nitrogen and oxygen atoms in total. The highest BCUT2D eigenvalue weighted by Crippen LogP contribution is 2.21. The van der Waals surface area contributed by atoms with Gasteiger partial charge in [0.25, 0.3) is 6.43 Å². The summed E-state index contributed by atoms with van der Waals surface area (Å²) in [4.78, 5) is 3.37. The van der Waals surface area contributed by atoms with Crippen molar-refractivity contribution in [2.45, 2.75) is 6.43 Å². The van der Waals surface area contributed by atoms with Gasteiger partial charge < -0.3 is 5.73 Å². The molecule has 0 saturated heterocycles. The molecule has 0 aliphatic rings. The van der Waals surface area contributed by atoms with E-state index in [1.807, 2.05) is 0 Å². The van der Waals surface area contributed by atoms with E-state index in [4.69, 9.17) is 17.3 Å². The van der Waals surface area contributed by atoms with Crippen LogP contribution in [0.5, 0.6) is 0 Å². The van der Waals surface area contributed by atoms with Crippen LogP contribution in [0.1, 0.15) is 12.1 Å². The predicted molar refractivity (Wildman–Crippen MR) is 38.6 cm³/mol. The zero-order valence-electron chi connectivity index (χ0n) is 5.39. The number of anilines is 1. The van der Waals surface area contributed by atoms with Crippen molar-refractivity contribution < 1.29 is 8.78 Å². The molecule has 0 aliphatic heterocycles. The standard InChI is InChI=1S/C6H5ClF2N2/c7-5-2-3(10)1-4(11-5)6(8)9/h1-2,6H,(H2,10,11). The molecule has 1 rings (SSSR count). The van der Waals surface area contributed by atoms with Crippen LogP contribution in [-0.2, 0) is 0 Å². The molecule has 60 valence electrons. The first-order chi connectivity index (χ1) is 5.09. The van der Waals surface area contributed by atoms with E-state index in [2.05, 4.69) is 4.98 Å². The second-order valence-corrected chi connectivity index (χ2v) is 2.34. The molecule has 1 heterocycles. The number of aromatic nitrogens is 1. The van der Waals surface area contributed by atoms with E-state index >= 15 is 0 Å². The monoisotopic (exact) mass is 178 g/mol. The van der Waals surface area contributed by atoms with E-state index in [9.17, 15) is 8.78 Å². The van der Waals surface area contributed by atoms with Crippen molar-refractivity contribution in [1.29, 1.82) is 0 Å². The zero-order valence-corrected chi connectivity index (χ0v) is 6.15. The molecule has 0 atom stereocenters. The van der Waals surface area contributed by atoms with Gasteiger partial charge in [-0.05, 0) is 12.1 Å². The number of halogens is 3. The number of nitrogens with two attached hydrogens (primary N) is 1. The Kier molecular flexibility index (Phi) is 2.24. The Morgan fingerprint density at radius 1 is 1.45 bits per heavy atom. The second kappa shape index (κ2) is 3.00. The van der Waals surface area contributed by atoms with E-state index in [0.717, 1.165) is 6.07 Å². The fraction of sp³-hybridized carbons (Fsp3) is 0.167. The van der Waals surface area contributed by atoms with Gasteiger partial charge in [0, 0.05) is 5.69 Å². The third-order valence-electron chi connectivity index (χ3n) is 1.06. The Bertz CT molecular complexity index is 245. The van der Waals surface area contributed by atoms with Crippen LogP contribution >= 0.6 is 11.6 Å². The summed E-state index contributed by atoms with van der Waals surface area (Å²) in [6.45, 7) is 0. The Morgan fingerprint density at radius 3 is 2.55 bits per heavy atom. The summed E-state index contributed by atoms with van der Waals surface area (Å²) in [6, 6.07) is 2.41. The molecular formula is C6H5ClF2N2. The van der Waals surface area contributed by atoms with Gasteiger partial charge in [-0.15, -0.1) is 0 Å². The Morgan fingerprint density at radius 2 is 2.09 bits per heavy atom. The minimum Gasteiger partial charge on any atom is -0.399 e. The van der Waals surface area contributed by atoms with Crippen molar-refractivity contribution in [2.24, 2.45) is 0 Å². The van der Waals surface area contributed by atoms with Crippen LogP contribution < -0.4 is 5.73 Å². The maximum Gasteiger partial charge on any atom is 0.280 e. The minimum absolute atomic E-state index is 0.0136. The average molecular weight is 179 g/mol. The smallest absolute Gasteiger partial charge is 0.280 e. The van der Waals surface area contributed by atoms with Crippen LogP contribution in [0.15, 0.2) is 12.1 Å². The Hall–Kier alpha value is -0.900. The third-order valence-corrected chi connectivity index (χ3v) is 1.25. The molecular weight excluding hydrogens is 174 g/mol. The van der Waals surface area contributed by atoms with Crippen LogP contribution in [0.4, 0.5) is 14.5 Å². The van der Waals surface area contributed by atoms with E-state index in [1.165, 1.54) is 6.07 Å². The molecule has 0 fully saturated rings. The number of hydrogen-bond acceptors (Lipinski definition) is 2. The molecule has 0 unspecified atom stereocenters. The van der Waals surface area contributed by atoms with E-state index in [-0.39, 0.29) is 10.8 Å². The molecule has 0 spiro atoms. The summed E-state index contributed by atoms with van der Waals surface area (Å²) in [7, 11) is 0. The first-order valence-electron chi connectivity index (χ1n) is 2.80. The van der Waals surface area contributed by atoms with E-state index in [0.29, 0.717) is 0 Å². The maximum atomic E-state index is 12.0. The molecule has 0 saturated carbocycles. The van der Waals surface area contributed by atoms with Gasteiger partial charge in [0.05, 0.1) is 0 Å². The van der Waals surface area contributed by atoms with E-state index in [1.54, 1.807) is 0 Å². The molecule has 0 bridgehead atoms. The van der Waals surface area contributed by atoms with Gasteiger partial charge in [0.15, 0.2) is 0 Å². The number of pyridine rings is 1. The lowest BCUT2D eigenvalue weighted by atomic mass is 10.3. The van der Waals surface area contributed by atoms with Gasteiger partial charge in [0.2, 0.25) is 0 Å². The quantitative estimate of drug-likeness (QED) is 0.670. The van der Waals surface area contributed by atoms with E-state index < -0.39 is 12.1 Å². The molecule has 2 N–H and O–H groups in total. The average Bonchev–Trinajstić information content (AvgIpc) is 1.85. The number of hydrogen-bond donors (Lipinski definition) is 1. The number of rotatable bonds is 1. The largest absolute Gasteiger partial charge is 0.399 e. The summed E-state index contributed by atoms with van der Waals surface area (Å²) in [6.07, 6.45) is -2.63. The van der Waals surface area contributed by atoms with Gasteiger partial charge in [-0.25, -0.2) is 13.8 Å². The Labute approximate surface area is 67.0 Å². The summed E-state index contributed by atoms with van der Waals surface area (Å²) in [5.41, 5.74) is 5.04. The minimum atomic E-state index is -2.63. The summed E-state index contributed by atoms with van der Waals surface area (Å²) in [5, 5.41) is -0.0136. The topological polar surface area (TPSA) is 38.9 Å². The maximum absolute atomic E-state index is 12.0. The van der Waals surface area contributed by atoms with Crippen LogP contribution in [0.3, 0.4) is 0 Å². The molecule has 0 radical (unpaired) electrons. The Balaban J connectivity index is 3.08. The van der Waals surface area contributed by atoms with Crippen LogP contribution in [0, 0.1) is 0 Å². The van der Waals surface area contributed by atoms with Gasteiger partial charge in [-0.1, -0.05) is 11.6 Å². The van der Waals surface area contributed by atoms with Crippen molar-refractivity contribution in [3.8, 4) is 0 Å². The van der Waals surface area contributed by atoms with Crippen molar-refractivity contribution >= 4 is 17.3 Å². The third kappa shape index (κ3) is 2.01. The predicted octanol–water partition coefficient (Wildman–Crippen LogP) is 2.25. The SMILES string of the molecule is Nc1cc(Cl)nc(C(F)F)c1. The molecule has 1 aromatic rings. The molecule has 11 heavy (non-hydrogen) atoms. The second-order valence-electron chi connectivity index (χ2n) is 1.95. The normalized spacial score (nSPS) is 10.5. The van der Waals surface area contributed by atoms with Crippen LogP contribution in [0.25, 0.3) is 0 Å².